The number of amides is 1. The van der Waals surface area contributed by atoms with Gasteiger partial charge >= 0.3 is 0 Å². The molecule has 0 radical (unpaired) electrons. The highest BCUT2D eigenvalue weighted by atomic mass is 19.1. The number of rotatable bonds is 4. The molecule has 4 rings (SSSR count). The number of benzene rings is 2. The fourth-order valence-corrected chi connectivity index (χ4v) is 4.16. The summed E-state index contributed by atoms with van der Waals surface area (Å²) >= 11 is 0. The summed E-state index contributed by atoms with van der Waals surface area (Å²) < 4.78 is 26.4. The lowest BCUT2D eigenvalue weighted by Crippen LogP contribution is -2.38. The highest BCUT2D eigenvalue weighted by Gasteiger charge is 2.36. The van der Waals surface area contributed by atoms with Gasteiger partial charge in [0.25, 0.3) is 5.91 Å². The first-order chi connectivity index (χ1) is 15.5. The molecule has 1 N–H and O–H groups in total. The molecule has 1 saturated heterocycles. The third-order valence-electron chi connectivity index (χ3n) is 5.68. The number of oxime groups is 1. The molecule has 0 aliphatic carbocycles. The maximum atomic E-state index is 14.8. The van der Waals surface area contributed by atoms with Gasteiger partial charge in [-0.15, -0.1) is 0 Å². The fraction of sp³-hybridized carbons (Fsp3) is 0.348. The molecular formula is C23H22FN3O5. The van der Waals surface area contributed by atoms with E-state index in [1.807, 2.05) is 0 Å². The predicted molar refractivity (Wildman–Crippen MR) is 113 cm³/mol. The molecular weight excluding hydrogens is 417 g/mol. The Labute approximate surface area is 184 Å². The third kappa shape index (κ3) is 3.63. The largest absolute Gasteiger partial charge is 0.485 e. The number of halogens is 1. The molecule has 2 aromatic rings. The highest BCUT2D eigenvalue weighted by Crippen LogP contribution is 2.45. The summed E-state index contributed by atoms with van der Waals surface area (Å²) in [6.07, 6.45) is 0.402. The Kier molecular flexibility index (Phi) is 5.97. The van der Waals surface area contributed by atoms with Crippen LogP contribution >= 0.6 is 0 Å². The average Bonchev–Trinajstić information content (AvgIpc) is 3.22. The smallest absolute Gasteiger partial charge is 0.258 e. The van der Waals surface area contributed by atoms with E-state index in [-0.39, 0.29) is 54.9 Å². The molecule has 0 spiro atoms. The van der Waals surface area contributed by atoms with Gasteiger partial charge in [-0.2, -0.15) is 5.26 Å². The van der Waals surface area contributed by atoms with Crippen molar-refractivity contribution in [3.63, 3.8) is 0 Å². The first kappa shape index (κ1) is 21.6. The number of ether oxygens (including phenoxy) is 2. The van der Waals surface area contributed by atoms with Gasteiger partial charge in [-0.3, -0.25) is 4.79 Å². The van der Waals surface area contributed by atoms with Crippen molar-refractivity contribution in [2.45, 2.75) is 19.4 Å². The molecule has 0 unspecified atom stereocenters. The van der Waals surface area contributed by atoms with Gasteiger partial charge in [-0.25, -0.2) is 4.39 Å². The van der Waals surface area contributed by atoms with Gasteiger partial charge in [0.1, 0.15) is 26.1 Å². The van der Waals surface area contributed by atoms with Crippen molar-refractivity contribution in [1.29, 1.82) is 5.26 Å². The second kappa shape index (κ2) is 8.85. The lowest BCUT2D eigenvalue weighted by atomic mass is 9.93. The van der Waals surface area contributed by atoms with Crippen LogP contribution in [-0.2, 0) is 4.84 Å². The first-order valence-corrected chi connectivity index (χ1v) is 10.1. The number of fused-ring (bicyclic) bond motifs is 1. The number of aliphatic hydroxyl groups is 1. The summed E-state index contributed by atoms with van der Waals surface area (Å²) in [5.41, 5.74) is 2.35. The maximum Gasteiger partial charge on any atom is 0.258 e. The highest BCUT2D eigenvalue weighted by molar-refractivity contribution is 6.03. The lowest BCUT2D eigenvalue weighted by Gasteiger charge is -2.27. The summed E-state index contributed by atoms with van der Waals surface area (Å²) in [6.45, 7) is 2.13. The van der Waals surface area contributed by atoms with Crippen molar-refractivity contribution in [2.75, 3.05) is 33.5 Å². The minimum atomic E-state index is -0.503. The maximum absolute atomic E-state index is 14.8. The number of aliphatic hydroxyl groups excluding tert-OH is 1. The van der Waals surface area contributed by atoms with Crippen molar-refractivity contribution >= 4 is 11.6 Å². The molecule has 2 aliphatic heterocycles. The summed E-state index contributed by atoms with van der Waals surface area (Å²) in [5.74, 6) is -0.391. The van der Waals surface area contributed by atoms with E-state index in [2.05, 4.69) is 11.2 Å². The Morgan fingerprint density at radius 3 is 2.75 bits per heavy atom. The van der Waals surface area contributed by atoms with Crippen molar-refractivity contribution in [1.82, 2.24) is 4.90 Å². The second-order valence-corrected chi connectivity index (χ2v) is 7.54. The SMILES string of the molecule is CO/N=C1\C[C@@H](CO)N(C(=O)c2ccc(-c3c(F)ccc(C#N)c3C)c3c2OCCO3)C1. The zero-order valence-electron chi connectivity index (χ0n) is 17.7. The van der Waals surface area contributed by atoms with Crippen LogP contribution in [0.4, 0.5) is 4.39 Å². The van der Waals surface area contributed by atoms with E-state index in [1.165, 1.54) is 24.1 Å². The molecule has 0 saturated carbocycles. The van der Waals surface area contributed by atoms with Crippen LogP contribution in [0.5, 0.6) is 11.5 Å². The predicted octanol–water partition coefficient (Wildman–Crippen LogP) is 2.65. The van der Waals surface area contributed by atoms with E-state index in [0.29, 0.717) is 28.8 Å². The Balaban J connectivity index is 1.80. The molecule has 0 aromatic heterocycles. The van der Waals surface area contributed by atoms with Crippen molar-refractivity contribution < 1.29 is 28.6 Å². The van der Waals surface area contributed by atoms with Crippen LogP contribution < -0.4 is 9.47 Å². The quantitative estimate of drug-likeness (QED) is 0.735. The van der Waals surface area contributed by atoms with Crippen molar-refractivity contribution in [2.24, 2.45) is 5.16 Å². The normalized spacial score (nSPS) is 18.5. The van der Waals surface area contributed by atoms with E-state index in [4.69, 9.17) is 14.3 Å². The van der Waals surface area contributed by atoms with E-state index in [1.54, 1.807) is 19.1 Å². The van der Waals surface area contributed by atoms with Crippen LogP contribution in [0, 0.1) is 24.1 Å². The second-order valence-electron chi connectivity index (χ2n) is 7.54. The molecule has 166 valence electrons. The number of likely N-dealkylation sites (tertiary alicyclic amines) is 1. The van der Waals surface area contributed by atoms with Crippen LogP contribution in [0.3, 0.4) is 0 Å². The molecule has 0 bridgehead atoms. The summed E-state index contributed by atoms with van der Waals surface area (Å²) in [7, 11) is 1.42. The van der Waals surface area contributed by atoms with Gasteiger partial charge < -0.3 is 24.3 Å². The minimum Gasteiger partial charge on any atom is -0.485 e. The van der Waals surface area contributed by atoms with Gasteiger partial charge in [0.2, 0.25) is 0 Å². The van der Waals surface area contributed by atoms with E-state index < -0.39 is 11.9 Å². The van der Waals surface area contributed by atoms with E-state index in [0.717, 1.165) is 0 Å². The Morgan fingerprint density at radius 1 is 1.31 bits per heavy atom. The van der Waals surface area contributed by atoms with Gasteiger partial charge in [-0.05, 0) is 36.8 Å². The van der Waals surface area contributed by atoms with Gasteiger partial charge in [0.05, 0.1) is 42.1 Å². The van der Waals surface area contributed by atoms with Gasteiger partial charge in [0.15, 0.2) is 11.5 Å². The van der Waals surface area contributed by atoms with Crippen molar-refractivity contribution in [3.8, 4) is 28.7 Å². The van der Waals surface area contributed by atoms with Crippen LogP contribution in [0.25, 0.3) is 11.1 Å². The first-order valence-electron chi connectivity index (χ1n) is 10.1. The Morgan fingerprint density at radius 2 is 2.06 bits per heavy atom. The fourth-order valence-electron chi connectivity index (χ4n) is 4.16. The number of hydrogen-bond acceptors (Lipinski definition) is 7. The van der Waals surface area contributed by atoms with E-state index in [9.17, 15) is 19.6 Å². The molecule has 1 amide bonds. The number of hydrogen-bond donors (Lipinski definition) is 1. The molecule has 32 heavy (non-hydrogen) atoms. The van der Waals surface area contributed by atoms with Gasteiger partial charge in [0, 0.05) is 17.5 Å². The number of nitrogens with zero attached hydrogens (tertiary/aromatic N) is 3. The van der Waals surface area contributed by atoms with Crippen molar-refractivity contribution in [3.05, 3.63) is 46.8 Å². The summed E-state index contributed by atoms with van der Waals surface area (Å²) in [5, 5.41) is 23.0. The minimum absolute atomic E-state index is 0.216. The number of carbonyl (C=O) groups is 1. The molecule has 1 fully saturated rings. The monoisotopic (exact) mass is 439 g/mol. The van der Waals surface area contributed by atoms with Crippen LogP contribution in [0.1, 0.15) is 27.9 Å². The van der Waals surface area contributed by atoms with Crippen LogP contribution in [0.15, 0.2) is 29.4 Å². The van der Waals surface area contributed by atoms with E-state index >= 15 is 0 Å². The number of nitriles is 1. The molecule has 9 heteroatoms. The zero-order chi connectivity index (χ0) is 22.8. The molecule has 2 aliphatic rings. The lowest BCUT2D eigenvalue weighted by molar-refractivity contribution is 0.0670. The molecule has 2 heterocycles. The van der Waals surface area contributed by atoms with Crippen LogP contribution in [0.2, 0.25) is 0 Å². The molecule has 1 atom stereocenters. The molecule has 2 aromatic carbocycles. The topological polar surface area (TPSA) is 104 Å². The summed E-state index contributed by atoms with van der Waals surface area (Å²) in [6, 6.07) is 7.44. The average molecular weight is 439 g/mol. The number of carbonyl (C=O) groups excluding carboxylic acids is 1. The summed E-state index contributed by atoms with van der Waals surface area (Å²) in [4.78, 5) is 19.7. The van der Waals surface area contributed by atoms with Gasteiger partial charge in [-0.1, -0.05) is 5.16 Å². The Hall–Kier alpha value is -3.64. The third-order valence-corrected chi connectivity index (χ3v) is 5.68. The zero-order valence-corrected chi connectivity index (χ0v) is 17.7. The molecule has 8 nitrogen and oxygen atoms in total. The Bertz CT molecular complexity index is 1140. The standard InChI is InChI=1S/C23H22FN3O5/c1-13-14(10-25)3-6-19(24)20(13)17-4-5-18(22-21(17)31-7-8-32-22)23(29)27-11-15(26-30-2)9-16(27)12-28/h3-6,16,28H,7-9,11-12H2,1-2H3/b26-15+/t16-/m0/s1. The van der Waals surface area contributed by atoms with Crippen LogP contribution in [-0.4, -0.2) is 61.1 Å².